The molecule has 4 heteroatoms. The van der Waals surface area contributed by atoms with Crippen LogP contribution in [0, 0.1) is 29.1 Å². The molecule has 4 bridgehead atoms. The summed E-state index contributed by atoms with van der Waals surface area (Å²) >= 11 is 0. The van der Waals surface area contributed by atoms with Gasteiger partial charge < -0.3 is 10.5 Å². The molecule has 0 aromatic carbocycles. The molecule has 4 rings (SSSR count). The zero-order chi connectivity index (χ0) is 15.4. The number of carbonyl (C=O) groups excluding carboxylic acids is 2. The molecule has 21 heavy (non-hydrogen) atoms. The summed E-state index contributed by atoms with van der Waals surface area (Å²) in [7, 11) is 1.50. The lowest BCUT2D eigenvalue weighted by atomic mass is 9.45. The van der Waals surface area contributed by atoms with Crippen molar-refractivity contribution in [3.8, 4) is 0 Å². The molecule has 118 valence electrons. The average Bonchev–Trinajstić information content (AvgIpc) is 2.39. The van der Waals surface area contributed by atoms with Crippen LogP contribution >= 0.6 is 0 Å². The van der Waals surface area contributed by atoms with Gasteiger partial charge in [0.25, 0.3) is 0 Å². The van der Waals surface area contributed by atoms with Gasteiger partial charge in [-0.1, -0.05) is 0 Å². The summed E-state index contributed by atoms with van der Waals surface area (Å²) in [6, 6.07) is 0. The standard InChI is InChI=1S/C17H27NO3/c1-16(2,18)14(19)6-13-11-4-10-5-12(13)9-17(7-10,8-11)15(20)21-3/h10-13H,4-9,18H2,1-3H3. The lowest BCUT2D eigenvalue weighted by molar-refractivity contribution is -0.175. The van der Waals surface area contributed by atoms with E-state index in [2.05, 4.69) is 0 Å². The molecule has 0 aliphatic heterocycles. The molecule has 2 unspecified atom stereocenters. The summed E-state index contributed by atoms with van der Waals surface area (Å²) in [5.41, 5.74) is 4.97. The number of nitrogens with two attached hydrogens (primary N) is 1. The van der Waals surface area contributed by atoms with Gasteiger partial charge in [0.15, 0.2) is 5.78 Å². The summed E-state index contributed by atoms with van der Waals surface area (Å²) in [4.78, 5) is 24.6. The second-order valence-electron chi connectivity index (χ2n) is 8.25. The van der Waals surface area contributed by atoms with E-state index < -0.39 is 5.54 Å². The smallest absolute Gasteiger partial charge is 0.311 e. The van der Waals surface area contributed by atoms with Crippen LogP contribution in [0.1, 0.15) is 52.4 Å². The van der Waals surface area contributed by atoms with Crippen molar-refractivity contribution in [2.45, 2.75) is 57.9 Å². The number of methoxy groups -OCH3 is 1. The number of hydrogen-bond acceptors (Lipinski definition) is 4. The Morgan fingerprint density at radius 2 is 1.76 bits per heavy atom. The second-order valence-corrected chi connectivity index (χ2v) is 8.25. The van der Waals surface area contributed by atoms with E-state index in [0.717, 1.165) is 19.3 Å². The molecule has 0 saturated heterocycles. The van der Waals surface area contributed by atoms with Gasteiger partial charge in [-0.2, -0.15) is 0 Å². The molecule has 4 fully saturated rings. The molecule has 4 saturated carbocycles. The molecule has 0 spiro atoms. The van der Waals surface area contributed by atoms with Crippen LogP contribution in [0.2, 0.25) is 0 Å². The van der Waals surface area contributed by atoms with Crippen molar-refractivity contribution in [1.29, 1.82) is 0 Å². The van der Waals surface area contributed by atoms with Crippen LogP contribution in [0.5, 0.6) is 0 Å². The van der Waals surface area contributed by atoms with Gasteiger partial charge in [0.2, 0.25) is 0 Å². The number of Topliss-reactive ketones (excluding diaryl/α,β-unsaturated/α-hetero) is 1. The van der Waals surface area contributed by atoms with Crippen LogP contribution in [0.15, 0.2) is 0 Å². The fourth-order valence-corrected chi connectivity index (χ4v) is 5.41. The minimum atomic E-state index is -0.741. The summed E-state index contributed by atoms with van der Waals surface area (Å²) < 4.78 is 5.08. The summed E-state index contributed by atoms with van der Waals surface area (Å²) in [5, 5.41) is 0. The van der Waals surface area contributed by atoms with Crippen molar-refractivity contribution in [3.63, 3.8) is 0 Å². The third-order valence-electron chi connectivity index (χ3n) is 6.23. The van der Waals surface area contributed by atoms with Gasteiger partial charge in [0.05, 0.1) is 18.1 Å². The predicted molar refractivity (Wildman–Crippen MR) is 79.4 cm³/mol. The molecule has 4 aliphatic carbocycles. The van der Waals surface area contributed by atoms with Crippen molar-refractivity contribution < 1.29 is 14.3 Å². The van der Waals surface area contributed by atoms with Crippen LogP contribution in [-0.2, 0) is 14.3 Å². The van der Waals surface area contributed by atoms with Crippen molar-refractivity contribution in [2.24, 2.45) is 34.8 Å². The summed E-state index contributed by atoms with van der Waals surface area (Å²) in [5.74, 6) is 2.22. The largest absolute Gasteiger partial charge is 0.469 e. The van der Waals surface area contributed by atoms with Gasteiger partial charge in [-0.15, -0.1) is 0 Å². The highest BCUT2D eigenvalue weighted by Crippen LogP contribution is 2.63. The van der Waals surface area contributed by atoms with Crippen LogP contribution in [0.3, 0.4) is 0 Å². The molecule has 0 aromatic rings. The Labute approximate surface area is 126 Å². The second kappa shape index (κ2) is 4.80. The van der Waals surface area contributed by atoms with Gasteiger partial charge in [-0.25, -0.2) is 0 Å². The van der Waals surface area contributed by atoms with E-state index in [0.29, 0.717) is 30.1 Å². The Kier molecular flexibility index (Phi) is 3.43. The Morgan fingerprint density at radius 1 is 1.19 bits per heavy atom. The van der Waals surface area contributed by atoms with E-state index in [1.807, 2.05) is 0 Å². The number of ether oxygens (including phenoxy) is 1. The molecule has 0 amide bonds. The molecule has 0 heterocycles. The van der Waals surface area contributed by atoms with E-state index in [9.17, 15) is 9.59 Å². The highest BCUT2D eigenvalue weighted by Gasteiger charge is 2.59. The van der Waals surface area contributed by atoms with Crippen LogP contribution in [-0.4, -0.2) is 24.4 Å². The van der Waals surface area contributed by atoms with E-state index in [1.54, 1.807) is 13.8 Å². The maximum Gasteiger partial charge on any atom is 0.311 e. The number of carbonyl (C=O) groups is 2. The van der Waals surface area contributed by atoms with Crippen molar-refractivity contribution in [2.75, 3.05) is 7.11 Å². The number of ketones is 1. The van der Waals surface area contributed by atoms with Crippen LogP contribution in [0.25, 0.3) is 0 Å². The van der Waals surface area contributed by atoms with Gasteiger partial charge >= 0.3 is 5.97 Å². The zero-order valence-corrected chi connectivity index (χ0v) is 13.4. The third kappa shape index (κ3) is 2.41. The van der Waals surface area contributed by atoms with E-state index in [1.165, 1.54) is 20.0 Å². The Bertz CT molecular complexity index is 449. The van der Waals surface area contributed by atoms with Crippen LogP contribution < -0.4 is 5.73 Å². The highest BCUT2D eigenvalue weighted by molar-refractivity contribution is 5.87. The molecule has 4 aliphatic rings. The van der Waals surface area contributed by atoms with E-state index >= 15 is 0 Å². The molecular formula is C17H27NO3. The topological polar surface area (TPSA) is 69.4 Å². The Hall–Kier alpha value is -0.900. The number of rotatable bonds is 4. The monoisotopic (exact) mass is 293 g/mol. The lowest BCUT2D eigenvalue weighted by Gasteiger charge is -2.58. The minimum absolute atomic E-state index is 0.0224. The Balaban J connectivity index is 1.78. The lowest BCUT2D eigenvalue weighted by Crippen LogP contribution is -2.55. The Morgan fingerprint density at radius 3 is 2.24 bits per heavy atom. The van der Waals surface area contributed by atoms with Crippen LogP contribution in [0.4, 0.5) is 0 Å². The van der Waals surface area contributed by atoms with Crippen molar-refractivity contribution in [3.05, 3.63) is 0 Å². The summed E-state index contributed by atoms with van der Waals surface area (Å²) in [6.45, 7) is 3.59. The molecular weight excluding hydrogens is 266 g/mol. The average molecular weight is 293 g/mol. The fraction of sp³-hybridized carbons (Fsp3) is 0.882. The molecule has 0 radical (unpaired) electrons. The van der Waals surface area contributed by atoms with Gasteiger partial charge in [-0.05, 0) is 69.6 Å². The predicted octanol–water partition coefficient (Wildman–Crippen LogP) is 2.30. The number of esters is 1. The normalized spacial score (nSPS) is 41.1. The zero-order valence-electron chi connectivity index (χ0n) is 13.4. The molecule has 2 N–H and O–H groups in total. The maximum absolute atomic E-state index is 12.3. The maximum atomic E-state index is 12.3. The third-order valence-corrected chi connectivity index (χ3v) is 6.23. The first-order valence-corrected chi connectivity index (χ1v) is 8.16. The van der Waals surface area contributed by atoms with Gasteiger partial charge in [0, 0.05) is 6.42 Å². The van der Waals surface area contributed by atoms with E-state index in [-0.39, 0.29) is 17.2 Å². The summed E-state index contributed by atoms with van der Waals surface area (Å²) in [6.07, 6.45) is 5.76. The quantitative estimate of drug-likeness (QED) is 0.807. The molecule has 2 atom stereocenters. The van der Waals surface area contributed by atoms with E-state index in [4.69, 9.17) is 10.5 Å². The first-order chi connectivity index (χ1) is 9.75. The highest BCUT2D eigenvalue weighted by atomic mass is 16.5. The first kappa shape index (κ1) is 15.0. The fourth-order valence-electron chi connectivity index (χ4n) is 5.41. The van der Waals surface area contributed by atoms with Crippen molar-refractivity contribution in [1.82, 2.24) is 0 Å². The van der Waals surface area contributed by atoms with Gasteiger partial charge in [0.1, 0.15) is 0 Å². The van der Waals surface area contributed by atoms with Crippen molar-refractivity contribution >= 4 is 11.8 Å². The molecule has 0 aromatic heterocycles. The number of hydrogen-bond donors (Lipinski definition) is 1. The SMILES string of the molecule is COC(=O)C12CC3CC(C1)C(CC(=O)C(C)(C)N)C(C3)C2. The van der Waals surface area contributed by atoms with Gasteiger partial charge in [-0.3, -0.25) is 9.59 Å². The first-order valence-electron chi connectivity index (χ1n) is 8.16. The molecule has 4 nitrogen and oxygen atoms in total. The minimum Gasteiger partial charge on any atom is -0.469 e.